The topological polar surface area (TPSA) is 35.3 Å². The first kappa shape index (κ1) is 14.0. The molecule has 0 bridgehead atoms. The van der Waals surface area contributed by atoms with Crippen LogP contribution in [0.25, 0.3) is 11.1 Å². The Morgan fingerprint density at radius 2 is 2.05 bits per heavy atom. The quantitative estimate of drug-likeness (QED) is 0.657. The Morgan fingerprint density at radius 3 is 2.81 bits per heavy atom. The van der Waals surface area contributed by atoms with Gasteiger partial charge in [-0.1, -0.05) is 29.8 Å². The fourth-order valence-electron chi connectivity index (χ4n) is 2.37. The highest BCUT2D eigenvalue weighted by molar-refractivity contribution is 6.21. The SMILES string of the molecule is COc1ccc(C)cc1C(Cl)Cc1nc2ccccc2o1. The monoisotopic (exact) mass is 301 g/mol. The number of aryl methyl sites for hydroxylation is 1. The van der Waals surface area contributed by atoms with Gasteiger partial charge in [-0.25, -0.2) is 4.98 Å². The highest BCUT2D eigenvalue weighted by Gasteiger charge is 2.17. The normalized spacial score (nSPS) is 12.5. The van der Waals surface area contributed by atoms with Gasteiger partial charge in [0.25, 0.3) is 0 Å². The van der Waals surface area contributed by atoms with Crippen LogP contribution in [0, 0.1) is 6.92 Å². The number of methoxy groups -OCH3 is 1. The molecular weight excluding hydrogens is 286 g/mol. The van der Waals surface area contributed by atoms with Gasteiger partial charge < -0.3 is 9.15 Å². The molecule has 1 heterocycles. The smallest absolute Gasteiger partial charge is 0.197 e. The second-order valence-electron chi connectivity index (χ2n) is 4.99. The van der Waals surface area contributed by atoms with Gasteiger partial charge in [0, 0.05) is 12.0 Å². The third-order valence-electron chi connectivity index (χ3n) is 3.41. The van der Waals surface area contributed by atoms with Crippen molar-refractivity contribution in [2.45, 2.75) is 18.7 Å². The molecule has 3 aromatic rings. The molecule has 0 saturated heterocycles. The molecular formula is C17H16ClNO2. The molecule has 3 nitrogen and oxygen atoms in total. The average Bonchev–Trinajstić information content (AvgIpc) is 2.89. The van der Waals surface area contributed by atoms with E-state index in [1.165, 1.54) is 0 Å². The number of rotatable bonds is 4. The van der Waals surface area contributed by atoms with Crippen molar-refractivity contribution >= 4 is 22.7 Å². The van der Waals surface area contributed by atoms with Crippen molar-refractivity contribution in [3.63, 3.8) is 0 Å². The Bertz CT molecular complexity index is 733. The number of oxazole rings is 1. The highest BCUT2D eigenvalue weighted by atomic mass is 35.5. The van der Waals surface area contributed by atoms with Crippen LogP contribution >= 0.6 is 11.6 Å². The summed E-state index contributed by atoms with van der Waals surface area (Å²) in [7, 11) is 1.65. The lowest BCUT2D eigenvalue weighted by atomic mass is 10.1. The summed E-state index contributed by atoms with van der Waals surface area (Å²) in [5.74, 6) is 1.43. The number of nitrogens with zero attached hydrogens (tertiary/aromatic N) is 1. The van der Waals surface area contributed by atoms with E-state index in [2.05, 4.69) is 4.98 Å². The number of halogens is 1. The van der Waals surface area contributed by atoms with Crippen molar-refractivity contribution in [3.8, 4) is 5.75 Å². The molecule has 0 aliphatic carbocycles. The van der Waals surface area contributed by atoms with E-state index in [1.807, 2.05) is 49.4 Å². The van der Waals surface area contributed by atoms with E-state index in [-0.39, 0.29) is 5.38 Å². The molecule has 0 spiro atoms. The number of fused-ring (bicyclic) bond motifs is 1. The van der Waals surface area contributed by atoms with Gasteiger partial charge >= 0.3 is 0 Å². The number of alkyl halides is 1. The first-order valence-corrected chi connectivity index (χ1v) is 7.24. The van der Waals surface area contributed by atoms with Crippen LogP contribution in [0.1, 0.15) is 22.4 Å². The van der Waals surface area contributed by atoms with Crippen LogP contribution in [0.15, 0.2) is 46.9 Å². The van der Waals surface area contributed by atoms with Crippen molar-refractivity contribution in [1.29, 1.82) is 0 Å². The number of aromatic nitrogens is 1. The third kappa shape index (κ3) is 2.88. The molecule has 1 unspecified atom stereocenters. The lowest BCUT2D eigenvalue weighted by Crippen LogP contribution is -2.00. The van der Waals surface area contributed by atoms with Crippen molar-refractivity contribution in [3.05, 3.63) is 59.5 Å². The summed E-state index contributed by atoms with van der Waals surface area (Å²) in [6, 6.07) is 13.7. The molecule has 3 rings (SSSR count). The van der Waals surface area contributed by atoms with Gasteiger partial charge in [-0.15, -0.1) is 11.6 Å². The Morgan fingerprint density at radius 1 is 1.24 bits per heavy atom. The summed E-state index contributed by atoms with van der Waals surface area (Å²) in [6.45, 7) is 2.03. The maximum Gasteiger partial charge on any atom is 0.197 e. The molecule has 1 aromatic heterocycles. The second-order valence-corrected chi connectivity index (χ2v) is 5.52. The largest absolute Gasteiger partial charge is 0.496 e. The molecule has 0 N–H and O–H groups in total. The van der Waals surface area contributed by atoms with E-state index in [1.54, 1.807) is 7.11 Å². The van der Waals surface area contributed by atoms with Crippen LogP contribution in [-0.4, -0.2) is 12.1 Å². The highest BCUT2D eigenvalue weighted by Crippen LogP contribution is 2.33. The summed E-state index contributed by atoms with van der Waals surface area (Å²) in [5.41, 5.74) is 3.75. The zero-order valence-electron chi connectivity index (χ0n) is 12.0. The number of hydrogen-bond donors (Lipinski definition) is 0. The van der Waals surface area contributed by atoms with Crippen molar-refractivity contribution in [2.75, 3.05) is 7.11 Å². The summed E-state index contributed by atoms with van der Waals surface area (Å²) >= 11 is 6.54. The summed E-state index contributed by atoms with van der Waals surface area (Å²) < 4.78 is 11.1. The fraction of sp³-hybridized carbons (Fsp3) is 0.235. The first-order valence-electron chi connectivity index (χ1n) is 6.80. The Kier molecular flexibility index (Phi) is 3.84. The van der Waals surface area contributed by atoms with Crippen LogP contribution in [0.2, 0.25) is 0 Å². The lowest BCUT2D eigenvalue weighted by molar-refractivity contribution is 0.408. The standard InChI is InChI=1S/C17H16ClNO2/c1-11-7-8-15(20-2)12(9-11)13(18)10-17-19-14-5-3-4-6-16(14)21-17/h3-9,13H,10H2,1-2H3. The maximum absolute atomic E-state index is 6.54. The van der Waals surface area contributed by atoms with E-state index < -0.39 is 0 Å². The molecule has 0 amide bonds. The van der Waals surface area contributed by atoms with Crippen molar-refractivity contribution in [1.82, 2.24) is 4.98 Å². The zero-order valence-corrected chi connectivity index (χ0v) is 12.7. The second kappa shape index (κ2) is 5.78. The van der Waals surface area contributed by atoms with E-state index >= 15 is 0 Å². The van der Waals surface area contributed by atoms with Gasteiger partial charge in [0.2, 0.25) is 0 Å². The van der Waals surface area contributed by atoms with E-state index in [9.17, 15) is 0 Å². The maximum atomic E-state index is 6.54. The zero-order chi connectivity index (χ0) is 14.8. The van der Waals surface area contributed by atoms with Crippen LogP contribution in [-0.2, 0) is 6.42 Å². The van der Waals surface area contributed by atoms with Gasteiger partial charge in [0.1, 0.15) is 11.3 Å². The minimum atomic E-state index is -0.243. The van der Waals surface area contributed by atoms with E-state index in [0.29, 0.717) is 12.3 Å². The summed E-state index contributed by atoms with van der Waals surface area (Å²) in [5, 5.41) is -0.243. The average molecular weight is 302 g/mol. The molecule has 0 radical (unpaired) electrons. The summed E-state index contributed by atoms with van der Waals surface area (Å²) in [4.78, 5) is 4.46. The van der Waals surface area contributed by atoms with Gasteiger partial charge in [0.15, 0.2) is 11.5 Å². The lowest BCUT2D eigenvalue weighted by Gasteiger charge is -2.13. The van der Waals surface area contributed by atoms with Crippen molar-refractivity contribution in [2.24, 2.45) is 0 Å². The number of ether oxygens (including phenoxy) is 1. The van der Waals surface area contributed by atoms with Gasteiger partial charge in [-0.05, 0) is 25.1 Å². The molecule has 1 atom stereocenters. The minimum Gasteiger partial charge on any atom is -0.496 e. The molecule has 21 heavy (non-hydrogen) atoms. The Hall–Kier alpha value is -2.00. The van der Waals surface area contributed by atoms with E-state index in [0.717, 1.165) is 28.0 Å². The molecule has 4 heteroatoms. The predicted molar refractivity (Wildman–Crippen MR) is 84.0 cm³/mol. The molecule has 0 aliphatic heterocycles. The molecule has 0 fully saturated rings. The van der Waals surface area contributed by atoms with Crippen LogP contribution in [0.3, 0.4) is 0 Å². The van der Waals surface area contributed by atoms with Crippen LogP contribution < -0.4 is 4.74 Å². The van der Waals surface area contributed by atoms with E-state index in [4.69, 9.17) is 20.8 Å². The molecule has 0 saturated carbocycles. The fourth-order valence-corrected chi connectivity index (χ4v) is 2.67. The van der Waals surface area contributed by atoms with Gasteiger partial charge in [0.05, 0.1) is 12.5 Å². The van der Waals surface area contributed by atoms with Crippen molar-refractivity contribution < 1.29 is 9.15 Å². The Labute approximate surface area is 128 Å². The van der Waals surface area contributed by atoms with Gasteiger partial charge in [-0.2, -0.15) is 0 Å². The van der Waals surface area contributed by atoms with Crippen LogP contribution in [0.4, 0.5) is 0 Å². The minimum absolute atomic E-state index is 0.243. The number of benzene rings is 2. The van der Waals surface area contributed by atoms with Crippen LogP contribution in [0.5, 0.6) is 5.75 Å². The van der Waals surface area contributed by atoms with Gasteiger partial charge in [-0.3, -0.25) is 0 Å². The third-order valence-corrected chi connectivity index (χ3v) is 3.80. The number of para-hydroxylation sites is 2. The molecule has 0 aliphatic rings. The number of hydrogen-bond acceptors (Lipinski definition) is 3. The molecule has 108 valence electrons. The first-order chi connectivity index (χ1) is 10.2. The molecule has 2 aromatic carbocycles. The summed E-state index contributed by atoms with van der Waals surface area (Å²) in [6.07, 6.45) is 0.524. The Balaban J connectivity index is 1.88. The predicted octanol–water partition coefficient (Wildman–Crippen LogP) is 4.67.